The fraction of sp³-hybridized carbons (Fsp3) is 0.250. The van der Waals surface area contributed by atoms with Gasteiger partial charge in [-0.3, -0.25) is 9.59 Å². The van der Waals surface area contributed by atoms with Crippen LogP contribution >= 0.6 is 11.8 Å². The molecular formula is C24H25NO5S. The van der Waals surface area contributed by atoms with Crippen molar-refractivity contribution in [2.24, 2.45) is 0 Å². The molecule has 0 radical (unpaired) electrons. The zero-order chi connectivity index (χ0) is 22.4. The zero-order valence-electron chi connectivity index (χ0n) is 17.5. The summed E-state index contributed by atoms with van der Waals surface area (Å²) in [6.45, 7) is 4.62. The van der Waals surface area contributed by atoms with E-state index in [1.165, 1.54) is 11.8 Å². The number of carboxylic acid groups (broad SMARTS) is 1. The molecule has 7 heteroatoms. The number of amides is 1. The molecule has 6 nitrogen and oxygen atoms in total. The van der Waals surface area contributed by atoms with Crippen molar-refractivity contribution in [3.05, 3.63) is 65.2 Å². The summed E-state index contributed by atoms with van der Waals surface area (Å²) in [6, 6.07) is 14.6. The van der Waals surface area contributed by atoms with Gasteiger partial charge >= 0.3 is 5.97 Å². The number of rotatable bonds is 9. The quantitative estimate of drug-likeness (QED) is 0.335. The lowest BCUT2D eigenvalue weighted by Gasteiger charge is -2.14. The molecule has 0 heterocycles. The van der Waals surface area contributed by atoms with Gasteiger partial charge in [-0.15, -0.1) is 11.8 Å². The number of carbonyl (C=O) groups is 2. The van der Waals surface area contributed by atoms with Gasteiger partial charge in [0.1, 0.15) is 0 Å². The molecule has 0 unspecified atom stereocenters. The number of benzene rings is 3. The Morgan fingerprint density at radius 3 is 2.52 bits per heavy atom. The minimum atomic E-state index is -0.913. The van der Waals surface area contributed by atoms with Crippen LogP contribution in [0.3, 0.4) is 0 Å². The molecule has 0 spiro atoms. The normalized spacial score (nSPS) is 10.8. The third kappa shape index (κ3) is 5.70. The Morgan fingerprint density at radius 1 is 1.06 bits per heavy atom. The third-order valence-electron chi connectivity index (χ3n) is 4.79. The molecule has 0 aliphatic heterocycles. The number of fused-ring (bicyclic) bond motifs is 1. The Bertz CT molecular complexity index is 1110. The van der Waals surface area contributed by atoms with E-state index in [-0.39, 0.29) is 17.4 Å². The number of phenolic OH excluding ortho intramolecular Hbond substituents is 1. The Balaban J connectivity index is 1.61. The van der Waals surface area contributed by atoms with Crippen molar-refractivity contribution < 1.29 is 24.5 Å². The second-order valence-corrected chi connectivity index (χ2v) is 8.24. The number of ether oxygens (including phenoxy) is 1. The van der Waals surface area contributed by atoms with Crippen LogP contribution in [0.15, 0.2) is 53.4 Å². The van der Waals surface area contributed by atoms with Gasteiger partial charge in [-0.25, -0.2) is 0 Å². The molecule has 0 bridgehead atoms. The van der Waals surface area contributed by atoms with Crippen molar-refractivity contribution in [2.75, 3.05) is 18.9 Å². The summed E-state index contributed by atoms with van der Waals surface area (Å²) in [7, 11) is 0. The topological polar surface area (TPSA) is 95.9 Å². The number of aryl methyl sites for hydroxylation is 2. The van der Waals surface area contributed by atoms with E-state index >= 15 is 0 Å². The van der Waals surface area contributed by atoms with Crippen LogP contribution in [0, 0.1) is 13.8 Å². The van der Waals surface area contributed by atoms with E-state index in [0.717, 1.165) is 21.4 Å². The van der Waals surface area contributed by atoms with Gasteiger partial charge in [0.15, 0.2) is 11.5 Å². The maximum absolute atomic E-state index is 12.3. The molecule has 0 atom stereocenters. The van der Waals surface area contributed by atoms with Gasteiger partial charge in [-0.2, -0.15) is 0 Å². The van der Waals surface area contributed by atoms with Crippen LogP contribution in [0.5, 0.6) is 11.5 Å². The molecule has 162 valence electrons. The molecule has 0 saturated carbocycles. The molecule has 31 heavy (non-hydrogen) atoms. The number of thioether (sulfide) groups is 1. The lowest BCUT2D eigenvalue weighted by atomic mass is 10.1. The maximum Gasteiger partial charge on any atom is 0.313 e. The number of aliphatic carboxylic acids is 1. The molecule has 1 amide bonds. The first-order chi connectivity index (χ1) is 14.9. The van der Waals surface area contributed by atoms with Crippen molar-refractivity contribution in [3.63, 3.8) is 0 Å². The molecular weight excluding hydrogens is 414 g/mol. The second-order valence-electron chi connectivity index (χ2n) is 7.23. The molecule has 0 aliphatic rings. The van der Waals surface area contributed by atoms with Gasteiger partial charge in [-0.1, -0.05) is 42.0 Å². The molecule has 0 aliphatic carbocycles. The van der Waals surface area contributed by atoms with E-state index < -0.39 is 5.97 Å². The predicted octanol–water partition coefficient (Wildman–Crippen LogP) is 4.54. The summed E-state index contributed by atoms with van der Waals surface area (Å²) in [4.78, 5) is 24.0. The summed E-state index contributed by atoms with van der Waals surface area (Å²) in [5.74, 6) is -0.803. The van der Waals surface area contributed by atoms with Crippen molar-refractivity contribution in [2.45, 2.75) is 25.2 Å². The van der Waals surface area contributed by atoms with Crippen LogP contribution in [0.25, 0.3) is 10.8 Å². The van der Waals surface area contributed by atoms with Gasteiger partial charge in [-0.05, 0) is 43.4 Å². The highest BCUT2D eigenvalue weighted by Gasteiger charge is 2.14. The highest BCUT2D eigenvalue weighted by atomic mass is 32.2. The van der Waals surface area contributed by atoms with Crippen LogP contribution < -0.4 is 10.1 Å². The first kappa shape index (κ1) is 22.5. The number of hydrogen-bond donors (Lipinski definition) is 3. The Morgan fingerprint density at radius 2 is 1.81 bits per heavy atom. The average molecular weight is 440 g/mol. The van der Waals surface area contributed by atoms with Gasteiger partial charge < -0.3 is 20.3 Å². The van der Waals surface area contributed by atoms with Gasteiger partial charge in [0.25, 0.3) is 5.91 Å². The Hall–Kier alpha value is -3.19. The fourth-order valence-electron chi connectivity index (χ4n) is 3.29. The molecule has 3 rings (SSSR count). The first-order valence-electron chi connectivity index (χ1n) is 9.94. The third-order valence-corrected chi connectivity index (χ3v) is 5.83. The second kappa shape index (κ2) is 10.2. The van der Waals surface area contributed by atoms with E-state index in [9.17, 15) is 14.7 Å². The van der Waals surface area contributed by atoms with E-state index in [1.807, 2.05) is 44.2 Å². The van der Waals surface area contributed by atoms with Crippen molar-refractivity contribution in [3.8, 4) is 11.5 Å². The summed E-state index contributed by atoms with van der Waals surface area (Å²) < 4.78 is 5.76. The van der Waals surface area contributed by atoms with Crippen LogP contribution in [-0.2, 0) is 4.79 Å². The largest absolute Gasteiger partial charge is 0.504 e. The Kier molecular flexibility index (Phi) is 7.41. The van der Waals surface area contributed by atoms with Crippen molar-refractivity contribution >= 4 is 34.4 Å². The van der Waals surface area contributed by atoms with Crippen molar-refractivity contribution in [1.82, 2.24) is 5.32 Å². The standard InChI is InChI=1S/C24H25NO5S/c1-15-8-9-17(16(2)12-15)24(29)25-10-5-11-30-20-13-21(31-14-22(26)27)18-6-3-4-7-19(18)23(20)28/h3-4,6-9,12-13,28H,5,10-11,14H2,1-2H3,(H,25,29)(H,26,27). The van der Waals surface area contributed by atoms with Crippen LogP contribution in [-0.4, -0.2) is 41.0 Å². The molecule has 3 aromatic rings. The highest BCUT2D eigenvalue weighted by molar-refractivity contribution is 8.00. The summed E-state index contributed by atoms with van der Waals surface area (Å²) >= 11 is 1.18. The van der Waals surface area contributed by atoms with E-state index in [0.29, 0.717) is 36.3 Å². The number of carboxylic acids is 1. The SMILES string of the molecule is Cc1ccc(C(=O)NCCCOc2cc(SCC(=O)O)c3ccccc3c2O)c(C)c1. The molecule has 0 fully saturated rings. The number of phenols is 1. The molecule has 3 N–H and O–H groups in total. The average Bonchev–Trinajstić information content (AvgIpc) is 2.74. The predicted molar refractivity (Wildman–Crippen MR) is 122 cm³/mol. The number of nitrogens with one attached hydrogen (secondary N) is 1. The van der Waals surface area contributed by atoms with Crippen LogP contribution in [0.4, 0.5) is 0 Å². The summed E-state index contributed by atoms with van der Waals surface area (Å²) in [5.41, 5.74) is 2.69. The molecule has 3 aromatic carbocycles. The number of aromatic hydroxyl groups is 1. The lowest BCUT2D eigenvalue weighted by Crippen LogP contribution is -2.26. The van der Waals surface area contributed by atoms with Crippen LogP contribution in [0.2, 0.25) is 0 Å². The molecule has 0 aromatic heterocycles. The summed E-state index contributed by atoms with van der Waals surface area (Å²) in [5, 5.41) is 23.8. The van der Waals surface area contributed by atoms with E-state index in [1.54, 1.807) is 18.2 Å². The minimum absolute atomic E-state index is 0.0228. The minimum Gasteiger partial charge on any atom is -0.504 e. The number of carbonyl (C=O) groups excluding carboxylic acids is 1. The lowest BCUT2D eigenvalue weighted by molar-refractivity contribution is -0.133. The first-order valence-corrected chi connectivity index (χ1v) is 10.9. The Labute approximate surface area is 185 Å². The van der Waals surface area contributed by atoms with Crippen molar-refractivity contribution in [1.29, 1.82) is 0 Å². The fourth-order valence-corrected chi connectivity index (χ4v) is 4.09. The van der Waals surface area contributed by atoms with Gasteiger partial charge in [0, 0.05) is 22.4 Å². The molecule has 0 saturated heterocycles. The van der Waals surface area contributed by atoms with E-state index in [4.69, 9.17) is 9.84 Å². The van der Waals surface area contributed by atoms with Crippen LogP contribution in [0.1, 0.15) is 27.9 Å². The summed E-state index contributed by atoms with van der Waals surface area (Å²) in [6.07, 6.45) is 0.556. The monoisotopic (exact) mass is 439 g/mol. The zero-order valence-corrected chi connectivity index (χ0v) is 18.3. The van der Waals surface area contributed by atoms with Gasteiger partial charge in [0.2, 0.25) is 0 Å². The highest BCUT2D eigenvalue weighted by Crippen LogP contribution is 2.40. The van der Waals surface area contributed by atoms with Gasteiger partial charge in [0.05, 0.1) is 12.4 Å². The maximum atomic E-state index is 12.3. The van der Waals surface area contributed by atoms with E-state index in [2.05, 4.69) is 5.32 Å². The number of hydrogen-bond acceptors (Lipinski definition) is 5. The smallest absolute Gasteiger partial charge is 0.313 e.